The van der Waals surface area contributed by atoms with Gasteiger partial charge in [-0.15, -0.1) is 0 Å². The predicted molar refractivity (Wildman–Crippen MR) is 47.0 cm³/mol. The van der Waals surface area contributed by atoms with Crippen molar-refractivity contribution < 1.29 is 9.18 Å². The summed E-state index contributed by atoms with van der Waals surface area (Å²) in [6, 6.07) is 0.868. The summed E-state index contributed by atoms with van der Waals surface area (Å²) in [5.41, 5.74) is 0.293. The third kappa shape index (κ3) is 2.32. The Bertz CT molecular complexity index is 314. The molecule has 0 amide bonds. The van der Waals surface area contributed by atoms with E-state index in [-0.39, 0.29) is 11.8 Å². The van der Waals surface area contributed by atoms with E-state index in [0.717, 1.165) is 6.20 Å². The molecule has 1 unspecified atom stereocenters. The number of carbonyl (C=O) groups is 1. The maximum atomic E-state index is 12.7. The van der Waals surface area contributed by atoms with Crippen LogP contribution in [0.15, 0.2) is 18.5 Å². The quantitative estimate of drug-likeness (QED) is 0.709. The number of ketones is 1. The van der Waals surface area contributed by atoms with Gasteiger partial charge in [-0.3, -0.25) is 9.78 Å². The average molecular weight is 182 g/mol. The van der Waals surface area contributed by atoms with Gasteiger partial charge in [0.2, 0.25) is 0 Å². The van der Waals surface area contributed by atoms with Crippen molar-refractivity contribution in [3.63, 3.8) is 0 Å². The number of hydrogen-bond acceptors (Lipinski definition) is 3. The van der Waals surface area contributed by atoms with Gasteiger partial charge in [-0.1, -0.05) is 0 Å². The zero-order valence-corrected chi connectivity index (χ0v) is 7.54. The van der Waals surface area contributed by atoms with E-state index in [2.05, 4.69) is 10.3 Å². The Hall–Kier alpha value is -1.29. The second kappa shape index (κ2) is 4.09. The molecule has 0 aliphatic carbocycles. The first-order valence-electron chi connectivity index (χ1n) is 3.97. The van der Waals surface area contributed by atoms with Crippen molar-refractivity contribution in [3.05, 3.63) is 29.8 Å². The van der Waals surface area contributed by atoms with Gasteiger partial charge in [-0.2, -0.15) is 0 Å². The van der Waals surface area contributed by atoms with Crippen molar-refractivity contribution in [3.8, 4) is 0 Å². The summed E-state index contributed by atoms with van der Waals surface area (Å²) in [6.45, 7) is 1.72. The zero-order valence-electron chi connectivity index (χ0n) is 7.54. The molecule has 0 aliphatic rings. The number of aromatic nitrogens is 1. The fourth-order valence-corrected chi connectivity index (χ4v) is 0.928. The molecule has 0 spiro atoms. The van der Waals surface area contributed by atoms with E-state index in [1.807, 2.05) is 0 Å². The van der Waals surface area contributed by atoms with Gasteiger partial charge in [0.1, 0.15) is 5.82 Å². The lowest BCUT2D eigenvalue weighted by Gasteiger charge is -2.07. The van der Waals surface area contributed by atoms with Crippen molar-refractivity contribution in [1.82, 2.24) is 10.3 Å². The molecule has 0 aromatic carbocycles. The van der Waals surface area contributed by atoms with Crippen LogP contribution in [0.2, 0.25) is 0 Å². The zero-order chi connectivity index (χ0) is 9.84. The van der Waals surface area contributed by atoms with Crippen LogP contribution in [-0.2, 0) is 0 Å². The fraction of sp³-hybridized carbons (Fsp3) is 0.333. The highest BCUT2D eigenvalue weighted by Gasteiger charge is 2.13. The van der Waals surface area contributed by atoms with Gasteiger partial charge in [0, 0.05) is 11.8 Å². The smallest absolute Gasteiger partial charge is 0.181 e. The third-order valence-electron chi connectivity index (χ3n) is 1.82. The SMILES string of the molecule is CNC(C)C(=O)c1cncc(F)c1. The molecule has 0 radical (unpaired) electrons. The molecule has 0 bridgehead atoms. The second-order valence-electron chi connectivity index (χ2n) is 2.77. The Morgan fingerprint density at radius 3 is 2.85 bits per heavy atom. The summed E-state index contributed by atoms with van der Waals surface area (Å²) in [7, 11) is 1.68. The van der Waals surface area contributed by atoms with Gasteiger partial charge >= 0.3 is 0 Å². The number of hydrogen-bond donors (Lipinski definition) is 1. The van der Waals surface area contributed by atoms with E-state index in [4.69, 9.17) is 0 Å². The summed E-state index contributed by atoms with van der Waals surface area (Å²) in [4.78, 5) is 15.1. The molecule has 1 atom stereocenters. The number of pyridine rings is 1. The molecule has 1 heterocycles. The Kier molecular flexibility index (Phi) is 3.08. The Balaban J connectivity index is 2.89. The normalized spacial score (nSPS) is 12.5. The van der Waals surface area contributed by atoms with Crippen LogP contribution in [0.5, 0.6) is 0 Å². The van der Waals surface area contributed by atoms with E-state index in [1.165, 1.54) is 12.3 Å². The van der Waals surface area contributed by atoms with E-state index in [1.54, 1.807) is 14.0 Å². The standard InChI is InChI=1S/C9H11FN2O/c1-6(11-2)9(13)7-3-8(10)5-12-4-7/h3-6,11H,1-2H3. The topological polar surface area (TPSA) is 42.0 Å². The average Bonchev–Trinajstić information content (AvgIpc) is 2.15. The highest BCUT2D eigenvalue weighted by atomic mass is 19.1. The van der Waals surface area contributed by atoms with Crippen molar-refractivity contribution in [2.75, 3.05) is 7.05 Å². The molecule has 70 valence electrons. The lowest BCUT2D eigenvalue weighted by molar-refractivity contribution is 0.0954. The second-order valence-corrected chi connectivity index (χ2v) is 2.77. The number of carbonyl (C=O) groups excluding carboxylic acids is 1. The summed E-state index contributed by atoms with van der Waals surface area (Å²) < 4.78 is 12.7. The largest absolute Gasteiger partial charge is 0.310 e. The molecule has 13 heavy (non-hydrogen) atoms. The third-order valence-corrected chi connectivity index (χ3v) is 1.82. The van der Waals surface area contributed by atoms with Crippen LogP contribution in [0.4, 0.5) is 4.39 Å². The summed E-state index contributed by atoms with van der Waals surface area (Å²) in [6.07, 6.45) is 2.43. The molecule has 3 nitrogen and oxygen atoms in total. The van der Waals surface area contributed by atoms with Gasteiger partial charge in [0.05, 0.1) is 12.2 Å². The summed E-state index contributed by atoms with van der Waals surface area (Å²) >= 11 is 0. The van der Waals surface area contributed by atoms with E-state index < -0.39 is 5.82 Å². The number of likely N-dealkylation sites (N-methyl/N-ethyl adjacent to an activating group) is 1. The number of rotatable bonds is 3. The molecule has 1 aromatic rings. The highest BCUT2D eigenvalue weighted by Crippen LogP contribution is 2.04. The van der Waals surface area contributed by atoms with E-state index >= 15 is 0 Å². The molecule has 1 rings (SSSR count). The van der Waals surface area contributed by atoms with Gasteiger partial charge in [0.25, 0.3) is 0 Å². The number of nitrogens with one attached hydrogen (secondary N) is 1. The summed E-state index contributed by atoms with van der Waals surface area (Å²) in [5.74, 6) is -0.649. The molecule has 1 N–H and O–H groups in total. The van der Waals surface area contributed by atoms with Gasteiger partial charge in [0.15, 0.2) is 5.78 Å². The first-order valence-corrected chi connectivity index (χ1v) is 3.97. The minimum Gasteiger partial charge on any atom is -0.310 e. The van der Waals surface area contributed by atoms with Crippen molar-refractivity contribution in [1.29, 1.82) is 0 Å². The number of Topliss-reactive ketones (excluding diaryl/α,β-unsaturated/α-hetero) is 1. The van der Waals surface area contributed by atoms with Crippen molar-refractivity contribution >= 4 is 5.78 Å². The minimum absolute atomic E-state index is 0.158. The molecule has 0 fully saturated rings. The minimum atomic E-state index is -0.492. The summed E-state index contributed by atoms with van der Waals surface area (Å²) in [5, 5.41) is 2.78. The van der Waals surface area contributed by atoms with Crippen LogP contribution >= 0.6 is 0 Å². The van der Waals surface area contributed by atoms with E-state index in [9.17, 15) is 9.18 Å². The van der Waals surface area contributed by atoms with Crippen molar-refractivity contribution in [2.45, 2.75) is 13.0 Å². The maximum Gasteiger partial charge on any atom is 0.181 e. The van der Waals surface area contributed by atoms with Crippen molar-refractivity contribution in [2.24, 2.45) is 0 Å². The highest BCUT2D eigenvalue weighted by molar-refractivity contribution is 5.99. The van der Waals surface area contributed by atoms with Crippen LogP contribution < -0.4 is 5.32 Å². The van der Waals surface area contributed by atoms with Gasteiger partial charge in [-0.05, 0) is 20.0 Å². The van der Waals surface area contributed by atoms with Crippen LogP contribution in [-0.4, -0.2) is 23.9 Å². The van der Waals surface area contributed by atoms with Gasteiger partial charge in [-0.25, -0.2) is 4.39 Å². The molecule has 4 heteroatoms. The van der Waals surface area contributed by atoms with Gasteiger partial charge < -0.3 is 5.32 Å². The predicted octanol–water partition coefficient (Wildman–Crippen LogP) is 1.01. The first-order chi connectivity index (χ1) is 6.15. The van der Waals surface area contributed by atoms with E-state index in [0.29, 0.717) is 5.56 Å². The maximum absolute atomic E-state index is 12.7. The van der Waals surface area contributed by atoms with Crippen LogP contribution in [0.3, 0.4) is 0 Å². The molecular weight excluding hydrogens is 171 g/mol. The van der Waals surface area contributed by atoms with Crippen LogP contribution in [0.25, 0.3) is 0 Å². The number of nitrogens with zero attached hydrogens (tertiary/aromatic N) is 1. The lowest BCUT2D eigenvalue weighted by atomic mass is 10.1. The Morgan fingerprint density at radius 1 is 1.62 bits per heavy atom. The molecule has 0 saturated heterocycles. The van der Waals surface area contributed by atoms with Crippen LogP contribution in [0.1, 0.15) is 17.3 Å². The lowest BCUT2D eigenvalue weighted by Crippen LogP contribution is -2.30. The molecule has 0 aliphatic heterocycles. The molecular formula is C9H11FN2O. The fourth-order valence-electron chi connectivity index (χ4n) is 0.928. The van der Waals surface area contributed by atoms with Crippen LogP contribution in [0, 0.1) is 5.82 Å². The molecule has 0 saturated carbocycles. The number of halogens is 1. The monoisotopic (exact) mass is 182 g/mol. The molecule has 1 aromatic heterocycles. The first kappa shape index (κ1) is 9.80. The Morgan fingerprint density at radius 2 is 2.31 bits per heavy atom. The Labute approximate surface area is 76.0 Å².